The van der Waals surface area contributed by atoms with Crippen molar-refractivity contribution in [3.8, 4) is 0 Å². The van der Waals surface area contributed by atoms with Gasteiger partial charge in [-0.3, -0.25) is 0 Å². The zero-order chi connectivity index (χ0) is 13.4. The first-order valence-corrected chi connectivity index (χ1v) is 7.82. The summed E-state index contributed by atoms with van der Waals surface area (Å²) in [5, 5.41) is 10.7. The molecule has 1 fully saturated rings. The van der Waals surface area contributed by atoms with E-state index in [1.165, 1.54) is 35.3 Å². The lowest BCUT2D eigenvalue weighted by atomic mass is 9.77. The van der Waals surface area contributed by atoms with E-state index in [9.17, 15) is 5.11 Å². The van der Waals surface area contributed by atoms with Crippen LogP contribution in [0, 0.1) is 13.8 Å². The van der Waals surface area contributed by atoms with E-state index in [1.807, 2.05) is 6.07 Å². The van der Waals surface area contributed by atoms with Crippen LogP contribution in [0.15, 0.2) is 30.3 Å². The maximum Gasteiger partial charge on any atom is 0.113 e. The van der Waals surface area contributed by atoms with Crippen LogP contribution >= 0.6 is 11.3 Å². The lowest BCUT2D eigenvalue weighted by molar-refractivity contribution is 0.221. The minimum atomic E-state index is -0.464. The van der Waals surface area contributed by atoms with Gasteiger partial charge in [0.1, 0.15) is 6.10 Å². The molecule has 19 heavy (non-hydrogen) atoms. The molecule has 1 nitrogen and oxygen atoms in total. The Labute approximate surface area is 118 Å². The minimum absolute atomic E-state index is 0.464. The van der Waals surface area contributed by atoms with E-state index >= 15 is 0 Å². The topological polar surface area (TPSA) is 20.2 Å². The standard InChI is InChI=1S/C17H20OS/c1-11-10-16(19-12(11)2)17(18)15-9-4-3-8-14(15)13-6-5-7-13/h3-4,8-10,13,17-18H,5-7H2,1-2H3. The van der Waals surface area contributed by atoms with Crippen molar-refractivity contribution >= 4 is 11.3 Å². The van der Waals surface area contributed by atoms with Gasteiger partial charge in [-0.15, -0.1) is 11.3 Å². The Kier molecular flexibility index (Phi) is 3.46. The molecule has 0 aliphatic heterocycles. The van der Waals surface area contributed by atoms with E-state index in [2.05, 4.69) is 38.1 Å². The maximum atomic E-state index is 10.7. The summed E-state index contributed by atoms with van der Waals surface area (Å²) in [6.07, 6.45) is 3.40. The Morgan fingerprint density at radius 1 is 1.21 bits per heavy atom. The van der Waals surface area contributed by atoms with Crippen molar-refractivity contribution in [1.82, 2.24) is 0 Å². The van der Waals surface area contributed by atoms with Crippen molar-refractivity contribution in [2.75, 3.05) is 0 Å². The zero-order valence-corrected chi connectivity index (χ0v) is 12.3. The predicted octanol–water partition coefficient (Wildman–Crippen LogP) is 4.71. The van der Waals surface area contributed by atoms with Crippen LogP contribution in [-0.2, 0) is 0 Å². The first kappa shape index (κ1) is 12.9. The van der Waals surface area contributed by atoms with Gasteiger partial charge in [0.15, 0.2) is 0 Å². The molecule has 0 spiro atoms. The first-order valence-electron chi connectivity index (χ1n) is 7.00. The van der Waals surface area contributed by atoms with Crippen molar-refractivity contribution in [3.05, 3.63) is 56.8 Å². The minimum Gasteiger partial charge on any atom is -0.383 e. The van der Waals surface area contributed by atoms with Crippen LogP contribution in [-0.4, -0.2) is 5.11 Å². The molecule has 0 radical (unpaired) electrons. The van der Waals surface area contributed by atoms with Gasteiger partial charge < -0.3 is 5.11 Å². The van der Waals surface area contributed by atoms with Crippen LogP contribution in [0.4, 0.5) is 0 Å². The Morgan fingerprint density at radius 3 is 2.53 bits per heavy atom. The molecule has 1 aliphatic carbocycles. The summed E-state index contributed by atoms with van der Waals surface area (Å²) in [5.74, 6) is 0.660. The Balaban J connectivity index is 1.96. The highest BCUT2D eigenvalue weighted by atomic mass is 32.1. The average molecular weight is 272 g/mol. The smallest absolute Gasteiger partial charge is 0.113 e. The van der Waals surface area contributed by atoms with E-state index < -0.39 is 6.10 Å². The summed E-state index contributed by atoms with van der Waals surface area (Å²) < 4.78 is 0. The third-order valence-electron chi connectivity index (χ3n) is 4.29. The maximum absolute atomic E-state index is 10.7. The van der Waals surface area contributed by atoms with Gasteiger partial charge >= 0.3 is 0 Å². The van der Waals surface area contributed by atoms with E-state index in [4.69, 9.17) is 0 Å². The fourth-order valence-electron chi connectivity index (χ4n) is 2.74. The summed E-state index contributed by atoms with van der Waals surface area (Å²) in [4.78, 5) is 2.37. The molecule has 1 atom stereocenters. The van der Waals surface area contributed by atoms with Crippen LogP contribution < -0.4 is 0 Å². The summed E-state index contributed by atoms with van der Waals surface area (Å²) in [7, 11) is 0. The van der Waals surface area contributed by atoms with Gasteiger partial charge in [-0.2, -0.15) is 0 Å². The van der Waals surface area contributed by atoms with Crippen molar-refractivity contribution in [2.24, 2.45) is 0 Å². The number of hydrogen-bond acceptors (Lipinski definition) is 2. The molecule has 1 heterocycles. The molecule has 0 bridgehead atoms. The van der Waals surface area contributed by atoms with Crippen LogP contribution in [0.5, 0.6) is 0 Å². The Hall–Kier alpha value is -1.12. The SMILES string of the molecule is Cc1cc(C(O)c2ccccc2C2CCC2)sc1C. The quantitative estimate of drug-likeness (QED) is 0.857. The molecule has 1 saturated carbocycles. The van der Waals surface area contributed by atoms with E-state index in [0.717, 1.165) is 10.4 Å². The number of aliphatic hydroxyl groups excluding tert-OH is 1. The lowest BCUT2D eigenvalue weighted by Gasteiger charge is -2.29. The largest absolute Gasteiger partial charge is 0.383 e. The first-order chi connectivity index (χ1) is 9.16. The second kappa shape index (κ2) is 5.10. The van der Waals surface area contributed by atoms with Gasteiger partial charge in [-0.05, 0) is 55.4 Å². The monoisotopic (exact) mass is 272 g/mol. The van der Waals surface area contributed by atoms with Gasteiger partial charge in [-0.25, -0.2) is 0 Å². The van der Waals surface area contributed by atoms with Crippen LogP contribution in [0.1, 0.15) is 57.7 Å². The number of thiophene rings is 1. The van der Waals surface area contributed by atoms with Gasteiger partial charge in [0, 0.05) is 9.75 Å². The summed E-state index contributed by atoms with van der Waals surface area (Å²) in [5.41, 5.74) is 3.73. The fraction of sp³-hybridized carbons (Fsp3) is 0.412. The molecule has 1 aromatic carbocycles. The molecule has 1 N–H and O–H groups in total. The van der Waals surface area contributed by atoms with E-state index in [-0.39, 0.29) is 0 Å². The second-order valence-corrected chi connectivity index (χ2v) is 6.84. The molecular weight excluding hydrogens is 252 g/mol. The molecule has 0 saturated heterocycles. The van der Waals surface area contributed by atoms with E-state index in [0.29, 0.717) is 5.92 Å². The molecular formula is C17H20OS. The molecule has 1 unspecified atom stereocenters. The van der Waals surface area contributed by atoms with Gasteiger partial charge in [0.25, 0.3) is 0 Å². The summed E-state index contributed by atoms with van der Waals surface area (Å²) >= 11 is 1.71. The highest BCUT2D eigenvalue weighted by Crippen LogP contribution is 2.41. The Bertz CT molecular complexity index is 561. The normalized spacial score (nSPS) is 17.2. The van der Waals surface area contributed by atoms with Crippen molar-refractivity contribution in [3.63, 3.8) is 0 Å². The summed E-state index contributed by atoms with van der Waals surface area (Å²) in [6.45, 7) is 4.23. The van der Waals surface area contributed by atoms with Gasteiger partial charge in [0.2, 0.25) is 0 Å². The number of benzene rings is 1. The van der Waals surface area contributed by atoms with E-state index in [1.54, 1.807) is 11.3 Å². The molecule has 2 heteroatoms. The van der Waals surface area contributed by atoms with Crippen molar-refractivity contribution in [1.29, 1.82) is 0 Å². The highest BCUT2D eigenvalue weighted by molar-refractivity contribution is 7.12. The number of hydrogen-bond donors (Lipinski definition) is 1. The second-order valence-electron chi connectivity index (χ2n) is 5.55. The average Bonchev–Trinajstić information content (AvgIpc) is 2.67. The molecule has 0 amide bonds. The molecule has 2 aromatic rings. The van der Waals surface area contributed by atoms with Gasteiger partial charge in [-0.1, -0.05) is 30.7 Å². The van der Waals surface area contributed by atoms with Crippen LogP contribution in [0.2, 0.25) is 0 Å². The van der Waals surface area contributed by atoms with Crippen molar-refractivity contribution < 1.29 is 5.11 Å². The summed E-state index contributed by atoms with van der Waals surface area (Å²) in [6, 6.07) is 10.5. The van der Waals surface area contributed by atoms with Gasteiger partial charge in [0.05, 0.1) is 0 Å². The number of aliphatic hydroxyl groups is 1. The molecule has 1 aromatic heterocycles. The van der Waals surface area contributed by atoms with Crippen LogP contribution in [0.25, 0.3) is 0 Å². The molecule has 3 rings (SSSR count). The Morgan fingerprint density at radius 2 is 1.95 bits per heavy atom. The predicted molar refractivity (Wildman–Crippen MR) is 80.9 cm³/mol. The number of aryl methyl sites for hydroxylation is 2. The third-order valence-corrected chi connectivity index (χ3v) is 5.50. The molecule has 1 aliphatic rings. The van der Waals surface area contributed by atoms with Crippen molar-refractivity contribution in [2.45, 2.75) is 45.1 Å². The number of rotatable bonds is 3. The molecule has 100 valence electrons. The van der Waals surface area contributed by atoms with Crippen LogP contribution in [0.3, 0.4) is 0 Å². The fourth-order valence-corrected chi connectivity index (χ4v) is 3.79. The highest BCUT2D eigenvalue weighted by Gasteiger charge is 2.25. The lowest BCUT2D eigenvalue weighted by Crippen LogP contribution is -2.13. The zero-order valence-electron chi connectivity index (χ0n) is 11.5. The third kappa shape index (κ3) is 2.35.